The Morgan fingerprint density at radius 1 is 1.21 bits per heavy atom. The van der Waals surface area contributed by atoms with Gasteiger partial charge >= 0.3 is 5.97 Å². The van der Waals surface area contributed by atoms with Gasteiger partial charge < -0.3 is 10.1 Å². The second-order valence-electron chi connectivity index (χ2n) is 7.04. The maximum absolute atomic E-state index is 12.6. The summed E-state index contributed by atoms with van der Waals surface area (Å²) in [4.78, 5) is 36.4. The number of nitrogens with zero attached hydrogens (tertiary/aromatic N) is 1. The van der Waals surface area contributed by atoms with Crippen molar-refractivity contribution in [3.05, 3.63) is 62.0 Å². The van der Waals surface area contributed by atoms with E-state index in [-0.39, 0.29) is 17.7 Å². The molecule has 29 heavy (non-hydrogen) atoms. The van der Waals surface area contributed by atoms with E-state index in [0.717, 1.165) is 36.1 Å². The highest BCUT2D eigenvalue weighted by molar-refractivity contribution is 7.17. The second-order valence-corrected chi connectivity index (χ2v) is 8.15. The van der Waals surface area contributed by atoms with E-state index in [1.807, 2.05) is 0 Å². The number of hydrogen-bond donors (Lipinski definition) is 1. The average Bonchev–Trinajstić information content (AvgIpc) is 3.04. The zero-order valence-electron chi connectivity index (χ0n) is 16.3. The van der Waals surface area contributed by atoms with Crippen molar-refractivity contribution < 1.29 is 19.2 Å². The van der Waals surface area contributed by atoms with Gasteiger partial charge in [-0.1, -0.05) is 0 Å². The molecule has 1 aliphatic rings. The third kappa shape index (κ3) is 5.08. The van der Waals surface area contributed by atoms with Crippen LogP contribution in [0, 0.1) is 10.1 Å². The molecular formula is C21H22N2O5S. The van der Waals surface area contributed by atoms with Gasteiger partial charge in [-0.25, -0.2) is 4.79 Å². The number of thiophene rings is 1. The van der Waals surface area contributed by atoms with Gasteiger partial charge in [-0.2, -0.15) is 0 Å². The number of nitro groups is 1. The lowest BCUT2D eigenvalue weighted by atomic mass is 9.95. The SMILES string of the molecule is CC(C)OC(=O)c1c(NC(=O)/C=C/c2ccc([N+](=O)[O-])cc2)sc2c1CCCC2. The third-order valence-electron chi connectivity index (χ3n) is 4.49. The molecule has 1 aliphatic carbocycles. The predicted molar refractivity (Wildman–Crippen MR) is 112 cm³/mol. The van der Waals surface area contributed by atoms with Gasteiger partial charge in [-0.05, 0) is 68.9 Å². The summed E-state index contributed by atoms with van der Waals surface area (Å²) in [5.74, 6) is -0.783. The fraction of sp³-hybridized carbons (Fsp3) is 0.333. The van der Waals surface area contributed by atoms with E-state index >= 15 is 0 Å². The molecule has 0 saturated heterocycles. The molecule has 0 unspecified atom stereocenters. The topological polar surface area (TPSA) is 98.5 Å². The molecule has 1 aromatic heterocycles. The molecule has 1 amide bonds. The van der Waals surface area contributed by atoms with Crippen LogP contribution >= 0.6 is 11.3 Å². The first-order chi connectivity index (χ1) is 13.8. The highest BCUT2D eigenvalue weighted by atomic mass is 32.1. The Hall–Kier alpha value is -3.00. The van der Waals surface area contributed by atoms with E-state index in [2.05, 4.69) is 5.32 Å². The zero-order chi connectivity index (χ0) is 21.0. The number of benzene rings is 1. The molecule has 0 radical (unpaired) electrons. The summed E-state index contributed by atoms with van der Waals surface area (Å²) < 4.78 is 5.39. The number of fused-ring (bicyclic) bond motifs is 1. The van der Waals surface area contributed by atoms with E-state index in [1.165, 1.54) is 29.5 Å². The molecule has 1 aromatic carbocycles. The number of esters is 1. The number of carbonyl (C=O) groups is 2. The molecule has 0 spiro atoms. The van der Waals surface area contributed by atoms with Crippen molar-refractivity contribution in [3.63, 3.8) is 0 Å². The molecule has 2 aromatic rings. The van der Waals surface area contributed by atoms with Crippen LogP contribution in [-0.2, 0) is 22.4 Å². The minimum absolute atomic E-state index is 0.0101. The van der Waals surface area contributed by atoms with Crippen molar-refractivity contribution in [1.82, 2.24) is 0 Å². The lowest BCUT2D eigenvalue weighted by Crippen LogP contribution is -2.17. The molecule has 0 bridgehead atoms. The molecule has 7 nitrogen and oxygen atoms in total. The summed E-state index contributed by atoms with van der Waals surface area (Å²) in [6.45, 7) is 3.59. The molecule has 152 valence electrons. The Labute approximate surface area is 172 Å². The summed E-state index contributed by atoms with van der Waals surface area (Å²) >= 11 is 1.43. The van der Waals surface area contributed by atoms with Crippen LogP contribution in [0.15, 0.2) is 30.3 Å². The maximum atomic E-state index is 12.6. The first kappa shape index (κ1) is 20.7. The van der Waals surface area contributed by atoms with E-state index in [0.29, 0.717) is 16.1 Å². The summed E-state index contributed by atoms with van der Waals surface area (Å²) in [5.41, 5.74) is 2.11. The van der Waals surface area contributed by atoms with Crippen molar-refractivity contribution in [2.24, 2.45) is 0 Å². The zero-order valence-corrected chi connectivity index (χ0v) is 17.1. The van der Waals surface area contributed by atoms with Crippen LogP contribution in [0.4, 0.5) is 10.7 Å². The number of hydrogen-bond acceptors (Lipinski definition) is 6. The van der Waals surface area contributed by atoms with Crippen LogP contribution in [-0.4, -0.2) is 22.9 Å². The Morgan fingerprint density at radius 2 is 1.90 bits per heavy atom. The first-order valence-electron chi connectivity index (χ1n) is 9.44. The van der Waals surface area contributed by atoms with Gasteiger partial charge in [0.25, 0.3) is 5.69 Å². The number of ether oxygens (including phenoxy) is 1. The fourth-order valence-corrected chi connectivity index (χ4v) is 4.46. The maximum Gasteiger partial charge on any atom is 0.341 e. The Morgan fingerprint density at radius 3 is 2.55 bits per heavy atom. The van der Waals surface area contributed by atoms with Crippen molar-refractivity contribution >= 4 is 40.0 Å². The Bertz CT molecular complexity index is 960. The van der Waals surface area contributed by atoms with Gasteiger partial charge in [0, 0.05) is 23.1 Å². The lowest BCUT2D eigenvalue weighted by molar-refractivity contribution is -0.384. The van der Waals surface area contributed by atoms with Gasteiger partial charge in [0.2, 0.25) is 5.91 Å². The average molecular weight is 414 g/mol. The first-order valence-corrected chi connectivity index (χ1v) is 10.3. The number of non-ortho nitro benzene ring substituents is 1. The second kappa shape index (κ2) is 9.00. The minimum Gasteiger partial charge on any atom is -0.459 e. The highest BCUT2D eigenvalue weighted by Crippen LogP contribution is 2.38. The summed E-state index contributed by atoms with van der Waals surface area (Å²) in [7, 11) is 0. The number of anilines is 1. The van der Waals surface area contributed by atoms with Crippen LogP contribution in [0.5, 0.6) is 0 Å². The fourth-order valence-electron chi connectivity index (χ4n) is 3.18. The molecular weight excluding hydrogens is 392 g/mol. The van der Waals surface area contributed by atoms with Gasteiger partial charge in [0.05, 0.1) is 16.6 Å². The molecule has 1 heterocycles. The van der Waals surface area contributed by atoms with Crippen LogP contribution in [0.3, 0.4) is 0 Å². The predicted octanol–water partition coefficient (Wildman–Crippen LogP) is 4.75. The van der Waals surface area contributed by atoms with E-state index in [9.17, 15) is 19.7 Å². The molecule has 1 N–H and O–H groups in total. The van der Waals surface area contributed by atoms with Crippen LogP contribution < -0.4 is 5.32 Å². The molecule has 0 fully saturated rings. The number of nitrogens with one attached hydrogen (secondary N) is 1. The molecule has 8 heteroatoms. The molecule has 0 saturated carbocycles. The number of rotatable bonds is 6. The highest BCUT2D eigenvalue weighted by Gasteiger charge is 2.27. The molecule has 0 aliphatic heterocycles. The Kier molecular flexibility index (Phi) is 6.43. The van der Waals surface area contributed by atoms with Crippen molar-refractivity contribution in [2.75, 3.05) is 5.32 Å². The number of carbonyl (C=O) groups excluding carboxylic acids is 2. The summed E-state index contributed by atoms with van der Waals surface area (Å²) in [6, 6.07) is 5.89. The van der Waals surface area contributed by atoms with Crippen molar-refractivity contribution in [3.8, 4) is 0 Å². The molecule has 0 atom stereocenters. The van der Waals surface area contributed by atoms with Gasteiger partial charge in [-0.3, -0.25) is 14.9 Å². The van der Waals surface area contributed by atoms with E-state index in [4.69, 9.17) is 4.74 Å². The number of aryl methyl sites for hydroxylation is 1. The normalized spacial score (nSPS) is 13.3. The van der Waals surface area contributed by atoms with Crippen molar-refractivity contribution in [2.45, 2.75) is 45.6 Å². The minimum atomic E-state index is -0.476. The van der Waals surface area contributed by atoms with Crippen LogP contribution in [0.2, 0.25) is 0 Å². The van der Waals surface area contributed by atoms with Gasteiger partial charge in [-0.15, -0.1) is 11.3 Å². The third-order valence-corrected chi connectivity index (χ3v) is 5.69. The van der Waals surface area contributed by atoms with E-state index in [1.54, 1.807) is 32.1 Å². The Balaban J connectivity index is 1.78. The monoisotopic (exact) mass is 414 g/mol. The van der Waals surface area contributed by atoms with Gasteiger partial charge in [0.15, 0.2) is 0 Å². The van der Waals surface area contributed by atoms with Crippen molar-refractivity contribution in [1.29, 1.82) is 0 Å². The summed E-state index contributed by atoms with van der Waals surface area (Å²) in [5, 5.41) is 14.0. The molecule has 3 rings (SSSR count). The van der Waals surface area contributed by atoms with Gasteiger partial charge in [0.1, 0.15) is 5.00 Å². The van der Waals surface area contributed by atoms with Crippen LogP contribution in [0.1, 0.15) is 53.1 Å². The summed E-state index contributed by atoms with van der Waals surface area (Å²) in [6.07, 6.45) is 6.46. The quantitative estimate of drug-likeness (QED) is 0.318. The smallest absolute Gasteiger partial charge is 0.341 e. The number of amides is 1. The van der Waals surface area contributed by atoms with Crippen LogP contribution in [0.25, 0.3) is 6.08 Å². The number of nitro benzene ring substituents is 1. The largest absolute Gasteiger partial charge is 0.459 e. The van der Waals surface area contributed by atoms with E-state index < -0.39 is 10.9 Å². The lowest BCUT2D eigenvalue weighted by Gasteiger charge is -2.14. The standard InChI is InChI=1S/C21H22N2O5S/c1-13(2)28-21(25)19-16-5-3-4-6-17(16)29-20(19)22-18(24)12-9-14-7-10-15(11-8-14)23(26)27/h7-13H,3-6H2,1-2H3,(H,22,24)/b12-9+.